The molecule has 256 valence electrons. The van der Waals surface area contributed by atoms with Gasteiger partial charge in [-0.25, -0.2) is 9.97 Å². The second kappa shape index (κ2) is 12.6. The Morgan fingerprint density at radius 3 is 1.71 bits per heavy atom. The fourth-order valence-corrected chi connectivity index (χ4v) is 8.27. The van der Waals surface area contributed by atoms with Crippen molar-refractivity contribution in [1.82, 2.24) is 14.5 Å². The summed E-state index contributed by atoms with van der Waals surface area (Å²) in [5, 5.41) is 5.90. The zero-order chi connectivity index (χ0) is 36.3. The van der Waals surface area contributed by atoms with Crippen LogP contribution < -0.4 is 0 Å². The van der Waals surface area contributed by atoms with Gasteiger partial charge in [-0.05, 0) is 115 Å². The molecule has 3 heteroatoms. The molecule has 0 fully saturated rings. The second-order valence-electron chi connectivity index (χ2n) is 14.2. The lowest BCUT2D eigenvalue weighted by molar-refractivity contribution is 1.15. The summed E-state index contributed by atoms with van der Waals surface area (Å²) in [5.41, 5.74) is 15.1. The van der Waals surface area contributed by atoms with E-state index < -0.39 is 0 Å². The Morgan fingerprint density at radius 1 is 0.327 bits per heavy atom. The number of fused-ring (bicyclic) bond motifs is 6. The lowest BCUT2D eigenvalue weighted by atomic mass is 9.92. The first-order valence-corrected chi connectivity index (χ1v) is 18.7. The zero-order valence-electron chi connectivity index (χ0n) is 29.9. The molecule has 0 N–H and O–H groups in total. The van der Waals surface area contributed by atoms with Gasteiger partial charge in [0.2, 0.25) is 0 Å². The summed E-state index contributed by atoms with van der Waals surface area (Å²) in [6.45, 7) is 0. The fraction of sp³-hybridized carbons (Fsp3) is 0. The minimum absolute atomic E-state index is 0.846. The first-order chi connectivity index (χ1) is 27.2. The normalized spacial score (nSPS) is 11.6. The van der Waals surface area contributed by atoms with Crippen molar-refractivity contribution in [2.75, 3.05) is 0 Å². The second-order valence-corrected chi connectivity index (χ2v) is 14.2. The summed E-state index contributed by atoms with van der Waals surface area (Å²) >= 11 is 0. The molecule has 0 bridgehead atoms. The van der Waals surface area contributed by atoms with Crippen LogP contribution in [0.4, 0.5) is 0 Å². The van der Waals surface area contributed by atoms with Gasteiger partial charge >= 0.3 is 0 Å². The van der Waals surface area contributed by atoms with Gasteiger partial charge in [0.25, 0.3) is 0 Å². The van der Waals surface area contributed by atoms with Crippen LogP contribution in [0.15, 0.2) is 200 Å². The number of benzene rings is 9. The van der Waals surface area contributed by atoms with Crippen molar-refractivity contribution < 1.29 is 0 Å². The van der Waals surface area contributed by atoms with Gasteiger partial charge in [-0.1, -0.05) is 146 Å². The zero-order valence-corrected chi connectivity index (χ0v) is 29.9. The molecule has 0 saturated heterocycles. The van der Waals surface area contributed by atoms with Gasteiger partial charge in [0, 0.05) is 10.8 Å². The average Bonchev–Trinajstić information content (AvgIpc) is 3.57. The topological polar surface area (TPSA) is 30.7 Å². The summed E-state index contributed by atoms with van der Waals surface area (Å²) in [7, 11) is 0. The standard InChI is InChI=1S/C52H33N3/c1-3-13-34(14-4-1)40-30-41(38-26-25-35-15-7-8-18-37(35)29-38)32-42(31-40)39-27-28-50-46(33-39)51-52(54-48-23-10-9-22-47(48)53-51)55(50)49-24-12-20-44-43(19-11-21-45(44)49)36-16-5-2-6-17-36/h1-33H. The van der Waals surface area contributed by atoms with Gasteiger partial charge in [-0.15, -0.1) is 0 Å². The molecular formula is C52H33N3. The molecule has 0 atom stereocenters. The number of aromatic nitrogens is 3. The van der Waals surface area contributed by atoms with Crippen LogP contribution in [0.25, 0.3) is 105 Å². The molecule has 11 rings (SSSR count). The van der Waals surface area contributed by atoms with E-state index in [0.29, 0.717) is 0 Å². The number of para-hydroxylation sites is 2. The third kappa shape index (κ3) is 5.28. The van der Waals surface area contributed by atoms with Crippen molar-refractivity contribution in [2.45, 2.75) is 0 Å². The van der Waals surface area contributed by atoms with Crippen LogP contribution in [0.3, 0.4) is 0 Å². The molecule has 9 aromatic carbocycles. The van der Waals surface area contributed by atoms with Gasteiger partial charge in [0.15, 0.2) is 5.65 Å². The molecule has 3 nitrogen and oxygen atoms in total. The first kappa shape index (κ1) is 31.2. The summed E-state index contributed by atoms with van der Waals surface area (Å²) in [6, 6.07) is 71.8. The van der Waals surface area contributed by atoms with E-state index in [9.17, 15) is 0 Å². The van der Waals surface area contributed by atoms with Gasteiger partial charge < -0.3 is 0 Å². The SMILES string of the molecule is c1ccc(-c2cc(-c3ccc4ccccc4c3)cc(-c3ccc4c(c3)c3nc5ccccc5nc3n4-c3cccc4c(-c5ccccc5)cccc34)c2)cc1. The molecule has 2 aromatic heterocycles. The van der Waals surface area contributed by atoms with Crippen molar-refractivity contribution in [2.24, 2.45) is 0 Å². The Labute approximate surface area is 318 Å². The first-order valence-electron chi connectivity index (χ1n) is 18.7. The highest BCUT2D eigenvalue weighted by Crippen LogP contribution is 2.40. The number of hydrogen-bond acceptors (Lipinski definition) is 2. The molecule has 0 amide bonds. The highest BCUT2D eigenvalue weighted by molar-refractivity contribution is 6.11. The Morgan fingerprint density at radius 2 is 0.927 bits per heavy atom. The molecule has 0 spiro atoms. The highest BCUT2D eigenvalue weighted by atomic mass is 15.1. The molecule has 11 aromatic rings. The van der Waals surface area contributed by atoms with Gasteiger partial charge in [0.05, 0.1) is 22.2 Å². The van der Waals surface area contributed by atoms with Crippen LogP contribution in [-0.4, -0.2) is 14.5 Å². The maximum Gasteiger partial charge on any atom is 0.165 e. The predicted octanol–water partition coefficient (Wildman–Crippen LogP) is 13.7. The van der Waals surface area contributed by atoms with Crippen LogP contribution in [-0.2, 0) is 0 Å². The van der Waals surface area contributed by atoms with Crippen LogP contribution in [0.2, 0.25) is 0 Å². The molecule has 2 heterocycles. The Hall–Kier alpha value is -7.36. The molecule has 0 radical (unpaired) electrons. The lowest BCUT2D eigenvalue weighted by Gasteiger charge is -2.14. The summed E-state index contributed by atoms with van der Waals surface area (Å²) in [4.78, 5) is 10.6. The quantitative estimate of drug-likeness (QED) is 0.179. The van der Waals surface area contributed by atoms with E-state index in [1.54, 1.807) is 0 Å². The maximum absolute atomic E-state index is 5.31. The van der Waals surface area contributed by atoms with Gasteiger partial charge in [-0.2, -0.15) is 0 Å². The predicted molar refractivity (Wildman–Crippen MR) is 231 cm³/mol. The van der Waals surface area contributed by atoms with Crippen molar-refractivity contribution >= 4 is 54.6 Å². The highest BCUT2D eigenvalue weighted by Gasteiger charge is 2.20. The number of rotatable bonds is 5. The van der Waals surface area contributed by atoms with Gasteiger partial charge in [-0.3, -0.25) is 4.57 Å². The summed E-state index contributed by atoms with van der Waals surface area (Å²) < 4.78 is 2.31. The lowest BCUT2D eigenvalue weighted by Crippen LogP contribution is -1.98. The monoisotopic (exact) mass is 699 g/mol. The van der Waals surface area contributed by atoms with Crippen LogP contribution >= 0.6 is 0 Å². The van der Waals surface area contributed by atoms with Crippen molar-refractivity contribution in [1.29, 1.82) is 0 Å². The summed E-state index contributed by atoms with van der Waals surface area (Å²) in [6.07, 6.45) is 0. The van der Waals surface area contributed by atoms with Crippen molar-refractivity contribution in [3.63, 3.8) is 0 Å². The van der Waals surface area contributed by atoms with E-state index in [2.05, 4.69) is 193 Å². The molecular weight excluding hydrogens is 667 g/mol. The number of hydrogen-bond donors (Lipinski definition) is 0. The third-order valence-corrected chi connectivity index (χ3v) is 10.9. The smallest absolute Gasteiger partial charge is 0.165 e. The fourth-order valence-electron chi connectivity index (χ4n) is 8.27. The van der Waals surface area contributed by atoms with Crippen LogP contribution in [0, 0.1) is 0 Å². The van der Waals surface area contributed by atoms with E-state index in [4.69, 9.17) is 9.97 Å². The molecule has 0 unspecified atom stereocenters. The molecule has 0 aliphatic carbocycles. The van der Waals surface area contributed by atoms with E-state index >= 15 is 0 Å². The van der Waals surface area contributed by atoms with Crippen molar-refractivity contribution in [3.05, 3.63) is 200 Å². The van der Waals surface area contributed by atoms with Crippen LogP contribution in [0.1, 0.15) is 0 Å². The molecule has 0 aliphatic rings. The van der Waals surface area contributed by atoms with E-state index in [-0.39, 0.29) is 0 Å². The maximum atomic E-state index is 5.31. The Balaban J connectivity index is 1.16. The minimum atomic E-state index is 0.846. The average molecular weight is 700 g/mol. The van der Waals surface area contributed by atoms with E-state index in [1.165, 1.54) is 49.5 Å². The van der Waals surface area contributed by atoms with Gasteiger partial charge in [0.1, 0.15) is 5.52 Å². The largest absolute Gasteiger partial charge is 0.292 e. The molecule has 0 aliphatic heterocycles. The summed E-state index contributed by atoms with van der Waals surface area (Å²) in [5.74, 6) is 0. The molecule has 0 saturated carbocycles. The Kier molecular flexibility index (Phi) is 7.17. The van der Waals surface area contributed by atoms with Crippen LogP contribution in [0.5, 0.6) is 0 Å². The van der Waals surface area contributed by atoms with E-state index in [1.807, 2.05) is 12.1 Å². The van der Waals surface area contributed by atoms with Crippen molar-refractivity contribution in [3.8, 4) is 50.2 Å². The number of nitrogens with zero attached hydrogens (tertiary/aromatic N) is 3. The van der Waals surface area contributed by atoms with E-state index in [0.717, 1.165) is 55.3 Å². The minimum Gasteiger partial charge on any atom is -0.292 e. The third-order valence-electron chi connectivity index (χ3n) is 10.9. The Bertz CT molecular complexity index is 3250. The molecule has 55 heavy (non-hydrogen) atoms.